The van der Waals surface area contributed by atoms with Crippen LogP contribution >= 0.6 is 0 Å². The van der Waals surface area contributed by atoms with E-state index in [1.165, 1.54) is 6.26 Å². The molecule has 0 aromatic heterocycles. The van der Waals surface area contributed by atoms with Gasteiger partial charge < -0.3 is 4.90 Å². The van der Waals surface area contributed by atoms with E-state index >= 15 is 0 Å². The monoisotopic (exact) mass is 336 g/mol. The zero-order valence-electron chi connectivity index (χ0n) is 13.6. The first-order chi connectivity index (χ1) is 10.8. The number of hydrogen-bond donors (Lipinski definition) is 1. The van der Waals surface area contributed by atoms with E-state index in [0.717, 1.165) is 12.0 Å². The largest absolute Gasteiger partial charge is 0.335 e. The number of likely N-dealkylation sites (tertiary alicyclic amines) is 1. The van der Waals surface area contributed by atoms with Crippen molar-refractivity contribution in [1.29, 1.82) is 0 Å². The summed E-state index contributed by atoms with van der Waals surface area (Å²) >= 11 is 0. The van der Waals surface area contributed by atoms with E-state index in [0.29, 0.717) is 25.4 Å². The predicted octanol–water partition coefficient (Wildman–Crippen LogP) is 1.61. The van der Waals surface area contributed by atoms with Crippen molar-refractivity contribution in [2.24, 2.45) is 17.8 Å². The van der Waals surface area contributed by atoms with Crippen LogP contribution in [0.5, 0.6) is 0 Å². The summed E-state index contributed by atoms with van der Waals surface area (Å²) in [6.07, 6.45) is 2.68. The van der Waals surface area contributed by atoms with E-state index in [9.17, 15) is 13.2 Å². The molecule has 1 N–H and O–H groups in total. The van der Waals surface area contributed by atoms with Crippen molar-refractivity contribution in [3.05, 3.63) is 35.9 Å². The molecule has 0 spiro atoms. The van der Waals surface area contributed by atoms with Gasteiger partial charge in [0.1, 0.15) is 0 Å². The average molecular weight is 336 g/mol. The highest BCUT2D eigenvalue weighted by atomic mass is 32.2. The molecule has 2 fully saturated rings. The van der Waals surface area contributed by atoms with E-state index in [1.807, 2.05) is 35.2 Å². The number of sulfonamides is 1. The van der Waals surface area contributed by atoms with Gasteiger partial charge in [0.05, 0.1) is 6.26 Å². The molecule has 1 aliphatic heterocycles. The first-order valence-corrected chi connectivity index (χ1v) is 10.0. The number of rotatable bonds is 5. The fraction of sp³-hybridized carbons (Fsp3) is 0.588. The standard InChI is InChI=1S/C17H24N2O3S/c1-12-8-16-14(15(12)10-18-23(2,21)22)9-17(20)19(16)11-13-6-4-3-5-7-13/h3-7,12,14-16,18H,8-11H2,1-2H3/t12-,14-,15+,16+/m0/s1. The van der Waals surface area contributed by atoms with Gasteiger partial charge in [0.2, 0.25) is 15.9 Å². The zero-order valence-corrected chi connectivity index (χ0v) is 14.4. The molecule has 1 saturated carbocycles. The smallest absolute Gasteiger partial charge is 0.223 e. The first kappa shape index (κ1) is 16.5. The quantitative estimate of drug-likeness (QED) is 0.888. The number of nitrogens with zero attached hydrogens (tertiary/aromatic N) is 1. The molecule has 1 aliphatic carbocycles. The Kier molecular flexibility index (Phi) is 4.47. The number of nitrogens with one attached hydrogen (secondary N) is 1. The van der Waals surface area contributed by atoms with Crippen molar-refractivity contribution in [3.63, 3.8) is 0 Å². The maximum atomic E-state index is 12.4. The molecule has 5 nitrogen and oxygen atoms in total. The van der Waals surface area contributed by atoms with Crippen LogP contribution in [0.3, 0.4) is 0 Å². The number of amides is 1. The summed E-state index contributed by atoms with van der Waals surface area (Å²) in [5.41, 5.74) is 1.15. The molecule has 6 heteroatoms. The molecule has 4 atom stereocenters. The van der Waals surface area contributed by atoms with Crippen LogP contribution < -0.4 is 4.72 Å². The summed E-state index contributed by atoms with van der Waals surface area (Å²) in [4.78, 5) is 14.4. The third kappa shape index (κ3) is 3.58. The summed E-state index contributed by atoms with van der Waals surface area (Å²) in [6, 6.07) is 10.3. The maximum absolute atomic E-state index is 12.4. The molecule has 1 aromatic rings. The molecule has 2 aliphatic rings. The lowest BCUT2D eigenvalue weighted by Gasteiger charge is -2.24. The molecule has 126 valence electrons. The molecule has 0 unspecified atom stereocenters. The Hall–Kier alpha value is -1.40. The SMILES string of the molecule is C[C@H]1C[C@@H]2[C@@H](CC(=O)N2Cc2ccccc2)[C@@H]1CNS(C)(=O)=O. The van der Waals surface area contributed by atoms with Crippen LogP contribution in [-0.4, -0.2) is 38.1 Å². The number of benzene rings is 1. The number of hydrogen-bond acceptors (Lipinski definition) is 3. The van der Waals surface area contributed by atoms with E-state index in [1.54, 1.807) is 0 Å². The van der Waals surface area contributed by atoms with E-state index in [4.69, 9.17) is 0 Å². The lowest BCUT2D eigenvalue weighted by Crippen LogP contribution is -2.34. The van der Waals surface area contributed by atoms with Crippen molar-refractivity contribution in [1.82, 2.24) is 9.62 Å². The molecular formula is C17H24N2O3S. The molecule has 0 radical (unpaired) electrons. The van der Waals surface area contributed by atoms with Crippen LogP contribution in [0, 0.1) is 17.8 Å². The van der Waals surface area contributed by atoms with Gasteiger partial charge in [0, 0.05) is 25.6 Å². The molecule has 1 aromatic carbocycles. The van der Waals surface area contributed by atoms with Crippen LogP contribution in [0.1, 0.15) is 25.3 Å². The maximum Gasteiger partial charge on any atom is 0.223 e. The molecule has 0 bridgehead atoms. The normalized spacial score (nSPS) is 30.7. The number of fused-ring (bicyclic) bond motifs is 1. The van der Waals surface area contributed by atoms with Crippen LogP contribution in [0.4, 0.5) is 0 Å². The number of carbonyl (C=O) groups excluding carboxylic acids is 1. The van der Waals surface area contributed by atoms with Gasteiger partial charge in [-0.15, -0.1) is 0 Å². The van der Waals surface area contributed by atoms with Gasteiger partial charge in [0.15, 0.2) is 0 Å². The molecule has 1 heterocycles. The van der Waals surface area contributed by atoms with Crippen LogP contribution in [0.2, 0.25) is 0 Å². The van der Waals surface area contributed by atoms with Gasteiger partial charge >= 0.3 is 0 Å². The highest BCUT2D eigenvalue weighted by molar-refractivity contribution is 7.88. The van der Waals surface area contributed by atoms with Crippen molar-refractivity contribution in [2.45, 2.75) is 32.4 Å². The van der Waals surface area contributed by atoms with Crippen LogP contribution in [0.15, 0.2) is 30.3 Å². The first-order valence-electron chi connectivity index (χ1n) is 8.13. The minimum Gasteiger partial charge on any atom is -0.335 e. The Balaban J connectivity index is 1.72. The second-order valence-electron chi connectivity index (χ2n) is 6.94. The number of carbonyl (C=O) groups is 1. The van der Waals surface area contributed by atoms with Crippen molar-refractivity contribution >= 4 is 15.9 Å². The lowest BCUT2D eigenvalue weighted by molar-refractivity contribution is -0.129. The third-order valence-corrected chi connectivity index (χ3v) is 5.99. The summed E-state index contributed by atoms with van der Waals surface area (Å²) in [7, 11) is -3.19. The Morgan fingerprint density at radius 2 is 1.96 bits per heavy atom. The van der Waals surface area contributed by atoms with Gasteiger partial charge in [-0.1, -0.05) is 37.3 Å². The highest BCUT2D eigenvalue weighted by Gasteiger charge is 2.50. The predicted molar refractivity (Wildman–Crippen MR) is 89.0 cm³/mol. The third-order valence-electron chi connectivity index (χ3n) is 5.30. The van der Waals surface area contributed by atoms with Gasteiger partial charge in [-0.2, -0.15) is 0 Å². The molecule has 23 heavy (non-hydrogen) atoms. The minimum absolute atomic E-state index is 0.195. The Morgan fingerprint density at radius 1 is 1.26 bits per heavy atom. The summed E-state index contributed by atoms with van der Waals surface area (Å²) in [5, 5.41) is 0. The topological polar surface area (TPSA) is 66.5 Å². The van der Waals surface area contributed by atoms with E-state index in [-0.39, 0.29) is 23.8 Å². The van der Waals surface area contributed by atoms with E-state index < -0.39 is 10.0 Å². The van der Waals surface area contributed by atoms with Crippen molar-refractivity contribution in [2.75, 3.05) is 12.8 Å². The second kappa shape index (κ2) is 6.24. The summed E-state index contributed by atoms with van der Waals surface area (Å²) < 4.78 is 25.4. The summed E-state index contributed by atoms with van der Waals surface area (Å²) in [6.45, 7) is 3.26. The Morgan fingerprint density at radius 3 is 2.61 bits per heavy atom. The average Bonchev–Trinajstić information content (AvgIpc) is 2.93. The highest BCUT2D eigenvalue weighted by Crippen LogP contribution is 2.46. The van der Waals surface area contributed by atoms with Crippen LogP contribution in [-0.2, 0) is 21.4 Å². The molecule has 3 rings (SSSR count). The fourth-order valence-corrected chi connectivity index (χ4v) is 4.67. The summed E-state index contributed by atoms with van der Waals surface area (Å²) in [5.74, 6) is 1.11. The van der Waals surface area contributed by atoms with Gasteiger partial charge in [-0.3, -0.25) is 4.79 Å². The van der Waals surface area contributed by atoms with Crippen molar-refractivity contribution < 1.29 is 13.2 Å². The van der Waals surface area contributed by atoms with Crippen LogP contribution in [0.25, 0.3) is 0 Å². The fourth-order valence-electron chi connectivity index (χ4n) is 4.17. The van der Waals surface area contributed by atoms with Gasteiger partial charge in [-0.05, 0) is 29.7 Å². The lowest BCUT2D eigenvalue weighted by atomic mass is 9.89. The van der Waals surface area contributed by atoms with Gasteiger partial charge in [-0.25, -0.2) is 13.1 Å². The second-order valence-corrected chi connectivity index (χ2v) is 8.77. The Labute approximate surface area is 138 Å². The van der Waals surface area contributed by atoms with Gasteiger partial charge in [0.25, 0.3) is 0 Å². The molecule has 1 saturated heterocycles. The van der Waals surface area contributed by atoms with Crippen molar-refractivity contribution in [3.8, 4) is 0 Å². The van der Waals surface area contributed by atoms with E-state index in [2.05, 4.69) is 11.6 Å². The Bertz CT molecular complexity index is 674. The minimum atomic E-state index is -3.19. The molecule has 1 amide bonds. The zero-order chi connectivity index (χ0) is 16.6. The molecular weight excluding hydrogens is 312 g/mol.